The number of nitrogens with zero attached hydrogens (tertiary/aromatic N) is 5. The van der Waals surface area contributed by atoms with Crippen molar-refractivity contribution in [1.82, 2.24) is 15.0 Å². The molecule has 0 aliphatic rings. The van der Waals surface area contributed by atoms with Crippen LogP contribution < -0.4 is 11.2 Å². The topological polar surface area (TPSA) is 129 Å². The van der Waals surface area contributed by atoms with E-state index in [4.69, 9.17) is 28.0 Å². The van der Waals surface area contributed by atoms with Crippen LogP contribution in [-0.2, 0) is 0 Å². The summed E-state index contributed by atoms with van der Waals surface area (Å²) in [6.07, 6.45) is 0. The van der Waals surface area contributed by atoms with Crippen molar-refractivity contribution in [1.29, 1.82) is 10.7 Å². The molecule has 124 valence electrons. The molecule has 0 saturated heterocycles. The van der Waals surface area contributed by atoms with Gasteiger partial charge in [0.25, 0.3) is 0 Å². The molecule has 2 aromatic carbocycles. The number of amidine groups is 1. The van der Waals surface area contributed by atoms with Crippen molar-refractivity contribution in [3.63, 3.8) is 0 Å². The monoisotopic (exact) mass is 352 g/mol. The van der Waals surface area contributed by atoms with Gasteiger partial charge >= 0.3 is 0 Å². The van der Waals surface area contributed by atoms with Gasteiger partial charge in [0.15, 0.2) is 5.84 Å². The van der Waals surface area contributed by atoms with E-state index in [1.807, 2.05) is 25.1 Å². The Balaban J connectivity index is 1.97. The van der Waals surface area contributed by atoms with Gasteiger partial charge in [-0.15, -0.1) is 10.2 Å². The molecule has 4 N–H and O–H groups in total. The average Bonchev–Trinajstić information content (AvgIpc) is 2.98. The van der Waals surface area contributed by atoms with Gasteiger partial charge in [-0.25, -0.2) is 0 Å². The van der Waals surface area contributed by atoms with E-state index in [0.29, 0.717) is 21.7 Å². The van der Waals surface area contributed by atoms with Crippen molar-refractivity contribution in [2.24, 2.45) is 10.8 Å². The molecule has 25 heavy (non-hydrogen) atoms. The first-order chi connectivity index (χ1) is 12.0. The molecule has 0 fully saturated rings. The third-order valence-corrected chi connectivity index (χ3v) is 3.69. The molecule has 8 nitrogen and oxygen atoms in total. The molecular weight excluding hydrogens is 340 g/mol. The zero-order valence-corrected chi connectivity index (χ0v) is 13.9. The predicted octanol–water partition coefficient (Wildman–Crippen LogP) is 2.61. The standard InChI is InChI=1S/C16H13ClN8/c1-9-6-13-14(7-12(9)21-22-15(8-18)16(19)20)24-25(23-13)11-4-2-10(17)3-5-11/h2-7,21H,1H3,(H3,19,20)/b22-15+. The van der Waals surface area contributed by atoms with Crippen LogP contribution in [0.3, 0.4) is 0 Å². The number of anilines is 1. The number of nitrogens with one attached hydrogen (secondary N) is 2. The van der Waals surface area contributed by atoms with Crippen LogP contribution in [0.5, 0.6) is 0 Å². The van der Waals surface area contributed by atoms with Gasteiger partial charge in [0.05, 0.1) is 11.4 Å². The highest BCUT2D eigenvalue weighted by atomic mass is 35.5. The van der Waals surface area contributed by atoms with Crippen molar-refractivity contribution < 1.29 is 0 Å². The Kier molecular flexibility index (Phi) is 4.33. The van der Waals surface area contributed by atoms with Gasteiger partial charge in [-0.3, -0.25) is 10.8 Å². The number of fused-ring (bicyclic) bond motifs is 1. The number of hydrogen-bond acceptors (Lipinski definition) is 6. The highest BCUT2D eigenvalue weighted by molar-refractivity contribution is 6.45. The lowest BCUT2D eigenvalue weighted by molar-refractivity contribution is 0.766. The third-order valence-electron chi connectivity index (χ3n) is 3.43. The Labute approximate surface area is 148 Å². The first-order valence-corrected chi connectivity index (χ1v) is 7.57. The van der Waals surface area contributed by atoms with E-state index in [0.717, 1.165) is 11.3 Å². The van der Waals surface area contributed by atoms with Crippen molar-refractivity contribution in [3.05, 3.63) is 47.0 Å². The maximum atomic E-state index is 8.89. The Morgan fingerprint density at radius 3 is 2.52 bits per heavy atom. The summed E-state index contributed by atoms with van der Waals surface area (Å²) in [5.41, 5.74) is 11.5. The number of nitriles is 1. The van der Waals surface area contributed by atoms with Crippen LogP contribution in [0.4, 0.5) is 5.69 Å². The molecule has 3 rings (SSSR count). The van der Waals surface area contributed by atoms with Gasteiger partial charge in [-0.1, -0.05) is 11.6 Å². The number of aryl methyl sites for hydroxylation is 1. The van der Waals surface area contributed by atoms with E-state index in [1.54, 1.807) is 24.3 Å². The second-order valence-electron chi connectivity index (χ2n) is 5.22. The molecule has 0 aliphatic carbocycles. The lowest BCUT2D eigenvalue weighted by Crippen LogP contribution is -2.21. The molecule has 0 radical (unpaired) electrons. The largest absolute Gasteiger partial charge is 0.382 e. The molecule has 3 aromatic rings. The fourth-order valence-corrected chi connectivity index (χ4v) is 2.27. The van der Waals surface area contributed by atoms with Gasteiger partial charge in [-0.05, 0) is 48.9 Å². The smallest absolute Gasteiger partial charge is 0.201 e. The Hall–Kier alpha value is -3.44. The Bertz CT molecular complexity index is 1030. The molecule has 0 spiro atoms. The molecule has 1 heterocycles. The lowest BCUT2D eigenvalue weighted by Gasteiger charge is -2.04. The zero-order chi connectivity index (χ0) is 18.0. The molecule has 1 aromatic heterocycles. The van der Waals surface area contributed by atoms with Gasteiger partial charge in [-0.2, -0.15) is 15.2 Å². The quantitative estimate of drug-likeness (QED) is 0.377. The molecule has 0 atom stereocenters. The average molecular weight is 353 g/mol. The number of rotatable bonds is 4. The summed E-state index contributed by atoms with van der Waals surface area (Å²) in [6, 6.07) is 12.6. The number of hydrazone groups is 1. The zero-order valence-electron chi connectivity index (χ0n) is 13.2. The second-order valence-corrected chi connectivity index (χ2v) is 5.66. The van der Waals surface area contributed by atoms with Crippen LogP contribution >= 0.6 is 11.6 Å². The summed E-state index contributed by atoms with van der Waals surface area (Å²) < 4.78 is 0. The van der Waals surface area contributed by atoms with Crippen LogP contribution in [0.25, 0.3) is 16.7 Å². The van der Waals surface area contributed by atoms with Gasteiger partial charge in [0, 0.05) is 5.02 Å². The third kappa shape index (κ3) is 3.41. The van der Waals surface area contributed by atoms with Crippen molar-refractivity contribution in [2.75, 3.05) is 5.43 Å². The summed E-state index contributed by atoms with van der Waals surface area (Å²) in [4.78, 5) is 1.52. The van der Waals surface area contributed by atoms with E-state index in [-0.39, 0.29) is 5.71 Å². The summed E-state index contributed by atoms with van der Waals surface area (Å²) in [5, 5.41) is 29.5. The maximum absolute atomic E-state index is 8.89. The molecule has 0 amide bonds. The number of benzene rings is 2. The second kappa shape index (κ2) is 6.59. The van der Waals surface area contributed by atoms with Gasteiger partial charge in [0.2, 0.25) is 5.71 Å². The highest BCUT2D eigenvalue weighted by Gasteiger charge is 2.09. The van der Waals surface area contributed by atoms with E-state index in [2.05, 4.69) is 20.7 Å². The number of halogens is 1. The number of aromatic nitrogens is 3. The fraction of sp³-hybridized carbons (Fsp3) is 0.0625. The summed E-state index contributed by atoms with van der Waals surface area (Å²) in [7, 11) is 0. The van der Waals surface area contributed by atoms with E-state index < -0.39 is 5.84 Å². The van der Waals surface area contributed by atoms with Crippen molar-refractivity contribution in [2.45, 2.75) is 6.92 Å². The molecule has 0 bridgehead atoms. The van der Waals surface area contributed by atoms with Crippen LogP contribution in [0, 0.1) is 23.7 Å². The molecule has 0 saturated carbocycles. The predicted molar refractivity (Wildman–Crippen MR) is 97.2 cm³/mol. The van der Waals surface area contributed by atoms with Crippen LogP contribution in [0.1, 0.15) is 5.56 Å². The fourth-order valence-electron chi connectivity index (χ4n) is 2.14. The van der Waals surface area contributed by atoms with Gasteiger partial charge in [0.1, 0.15) is 17.1 Å². The molecular formula is C16H13ClN8. The summed E-state index contributed by atoms with van der Waals surface area (Å²) in [6.45, 7) is 1.87. The Morgan fingerprint density at radius 1 is 1.28 bits per heavy atom. The first-order valence-electron chi connectivity index (χ1n) is 7.20. The Morgan fingerprint density at radius 2 is 1.92 bits per heavy atom. The van der Waals surface area contributed by atoms with Crippen LogP contribution in [0.2, 0.25) is 5.02 Å². The van der Waals surface area contributed by atoms with Crippen LogP contribution in [-0.4, -0.2) is 26.5 Å². The van der Waals surface area contributed by atoms with E-state index in [9.17, 15) is 0 Å². The minimum absolute atomic E-state index is 0.190. The van der Waals surface area contributed by atoms with E-state index in [1.165, 1.54) is 4.80 Å². The minimum atomic E-state index is -0.401. The normalized spacial score (nSPS) is 11.3. The highest BCUT2D eigenvalue weighted by Crippen LogP contribution is 2.22. The molecule has 0 unspecified atom stereocenters. The molecule has 0 aliphatic heterocycles. The van der Waals surface area contributed by atoms with Crippen LogP contribution in [0.15, 0.2) is 41.5 Å². The van der Waals surface area contributed by atoms with E-state index >= 15 is 0 Å². The lowest BCUT2D eigenvalue weighted by atomic mass is 10.2. The number of hydrogen-bond donors (Lipinski definition) is 3. The SMILES string of the molecule is Cc1cc2nn(-c3ccc(Cl)cc3)nc2cc1N/N=C(\C#N)C(=N)N. The molecule has 9 heteroatoms. The van der Waals surface area contributed by atoms with Crippen molar-refractivity contribution >= 4 is 39.9 Å². The van der Waals surface area contributed by atoms with Gasteiger partial charge < -0.3 is 5.73 Å². The number of nitrogens with two attached hydrogens (primary N) is 1. The minimum Gasteiger partial charge on any atom is -0.382 e. The first kappa shape index (κ1) is 16.4. The summed E-state index contributed by atoms with van der Waals surface area (Å²) in [5.74, 6) is -0.401. The maximum Gasteiger partial charge on any atom is 0.201 e. The summed E-state index contributed by atoms with van der Waals surface area (Å²) >= 11 is 5.90. The van der Waals surface area contributed by atoms with Crippen molar-refractivity contribution in [3.8, 4) is 11.8 Å².